The Morgan fingerprint density at radius 1 is 0.699 bits per heavy atom. The fraction of sp³-hybridized carbons (Fsp3) is 0.389. The Kier molecular flexibility index (Phi) is 15.6. The number of methoxy groups -OCH3 is 1. The van der Waals surface area contributed by atoms with E-state index in [-0.39, 0.29) is 34.5 Å². The minimum Gasteiger partial charge on any atom is -0.493 e. The molecule has 1 saturated heterocycles. The lowest BCUT2D eigenvalue weighted by atomic mass is 9.68. The highest BCUT2D eigenvalue weighted by Crippen LogP contribution is 2.61. The molecule has 83 heavy (non-hydrogen) atoms. The summed E-state index contributed by atoms with van der Waals surface area (Å²) < 4.78 is 77.3. The second-order valence-corrected chi connectivity index (χ2v) is 24.4. The van der Waals surface area contributed by atoms with E-state index >= 15 is 13.2 Å². The van der Waals surface area contributed by atoms with E-state index in [9.17, 15) is 9.59 Å². The van der Waals surface area contributed by atoms with Crippen molar-refractivity contribution in [2.45, 2.75) is 122 Å². The number of unbranched alkanes of at least 4 members (excludes halogenated alkanes) is 2. The van der Waals surface area contributed by atoms with Crippen molar-refractivity contribution in [1.82, 2.24) is 0 Å². The molecule has 1 atom stereocenters. The number of halogens is 3. The van der Waals surface area contributed by atoms with Crippen LogP contribution in [0.15, 0.2) is 133 Å². The molecule has 1 unspecified atom stereocenters. The van der Waals surface area contributed by atoms with Crippen LogP contribution in [0, 0.1) is 30.6 Å². The van der Waals surface area contributed by atoms with Gasteiger partial charge in [-0.25, -0.2) is 4.79 Å². The van der Waals surface area contributed by atoms with Crippen LogP contribution < -0.4 is 23.8 Å². The van der Waals surface area contributed by atoms with Crippen LogP contribution in [-0.2, 0) is 26.7 Å². The molecule has 2 heterocycles. The van der Waals surface area contributed by atoms with Crippen LogP contribution >= 0.6 is 0 Å². The molecule has 7 aromatic rings. The van der Waals surface area contributed by atoms with E-state index in [1.165, 1.54) is 64.5 Å². The molecule has 8 nitrogen and oxygen atoms in total. The second-order valence-electron chi connectivity index (χ2n) is 24.4. The van der Waals surface area contributed by atoms with Gasteiger partial charge in [-0.1, -0.05) is 138 Å². The summed E-state index contributed by atoms with van der Waals surface area (Å²) in [6.45, 7) is 10.5. The third-order valence-electron chi connectivity index (χ3n) is 18.9. The largest absolute Gasteiger partial charge is 0.493 e. The van der Waals surface area contributed by atoms with E-state index in [0.717, 1.165) is 84.5 Å². The van der Waals surface area contributed by atoms with Gasteiger partial charge in [0, 0.05) is 46.3 Å². The second kappa shape index (κ2) is 23.0. The number of anilines is 1. The highest BCUT2D eigenvalue weighted by Gasteiger charge is 2.49. The average Bonchev–Trinajstić information content (AvgIpc) is 1.64. The molecule has 3 aliphatic carbocycles. The number of fused-ring (bicyclic) bond motifs is 8. The van der Waals surface area contributed by atoms with Crippen molar-refractivity contribution in [2.24, 2.45) is 23.7 Å². The van der Waals surface area contributed by atoms with E-state index in [0.29, 0.717) is 63.3 Å². The monoisotopic (exact) mass is 1120 g/mol. The minimum atomic E-state index is -4.64. The maximum Gasteiger partial charge on any atom is 0.416 e. The summed E-state index contributed by atoms with van der Waals surface area (Å²) in [5.41, 5.74) is 4.81. The molecule has 0 radical (unpaired) electrons. The number of hydrogen-bond acceptors (Lipinski definition) is 8. The Hall–Kier alpha value is -7.37. The van der Waals surface area contributed by atoms with Crippen molar-refractivity contribution in [3.63, 3.8) is 0 Å². The van der Waals surface area contributed by atoms with Gasteiger partial charge in [-0.3, -0.25) is 4.79 Å². The zero-order chi connectivity index (χ0) is 57.6. The van der Waals surface area contributed by atoms with E-state index < -0.39 is 28.7 Å². The van der Waals surface area contributed by atoms with Crippen LogP contribution in [0.5, 0.6) is 23.0 Å². The Morgan fingerprint density at radius 2 is 1.34 bits per heavy atom. The van der Waals surface area contributed by atoms with Gasteiger partial charge in [0.05, 0.1) is 37.4 Å². The summed E-state index contributed by atoms with van der Waals surface area (Å²) in [4.78, 5) is 30.0. The number of aryl methyl sites for hydroxylation is 1. The number of hydrogen-bond donors (Lipinski definition) is 0. The molecule has 2 aliphatic heterocycles. The van der Waals surface area contributed by atoms with Gasteiger partial charge in [-0.2, -0.15) is 13.2 Å². The maximum absolute atomic E-state index is 15.3. The molecule has 0 N–H and O–H groups in total. The van der Waals surface area contributed by atoms with E-state index in [4.69, 9.17) is 23.7 Å². The van der Waals surface area contributed by atoms with Gasteiger partial charge < -0.3 is 28.6 Å². The zero-order valence-corrected chi connectivity index (χ0v) is 48.3. The van der Waals surface area contributed by atoms with Crippen molar-refractivity contribution in [1.29, 1.82) is 0 Å². The van der Waals surface area contributed by atoms with Crippen LogP contribution in [-0.4, -0.2) is 45.4 Å². The molecule has 11 heteroatoms. The van der Waals surface area contributed by atoms with Crippen LogP contribution in [0.4, 0.5) is 18.9 Å². The molecule has 0 spiro atoms. The molecule has 7 aromatic carbocycles. The predicted molar refractivity (Wildman–Crippen MR) is 322 cm³/mol. The van der Waals surface area contributed by atoms with Crippen molar-refractivity contribution in [2.75, 3.05) is 38.3 Å². The van der Waals surface area contributed by atoms with Crippen molar-refractivity contribution >= 4 is 34.5 Å². The normalized spacial score (nSPS) is 21.8. The van der Waals surface area contributed by atoms with Crippen LogP contribution in [0.1, 0.15) is 147 Å². The molecule has 430 valence electrons. The van der Waals surface area contributed by atoms with Gasteiger partial charge in [0.2, 0.25) is 0 Å². The van der Waals surface area contributed by atoms with Gasteiger partial charge in [0.1, 0.15) is 11.5 Å². The first-order chi connectivity index (χ1) is 40.1. The third kappa shape index (κ3) is 10.8. The Labute approximate surface area is 486 Å². The highest BCUT2D eigenvalue weighted by atomic mass is 19.4. The van der Waals surface area contributed by atoms with Crippen LogP contribution in [0.3, 0.4) is 0 Å². The smallest absolute Gasteiger partial charge is 0.416 e. The minimum absolute atomic E-state index is 0.0778. The number of nitrogens with zero attached hydrogens (tertiary/aromatic N) is 1. The summed E-state index contributed by atoms with van der Waals surface area (Å²) in [6.07, 6.45) is 14.2. The summed E-state index contributed by atoms with van der Waals surface area (Å²) in [6, 6.07) is 39.3. The number of ether oxygens (including phenoxy) is 5. The van der Waals surface area contributed by atoms with Gasteiger partial charge in [0.15, 0.2) is 17.1 Å². The summed E-state index contributed by atoms with van der Waals surface area (Å²) in [5.74, 6) is 2.86. The lowest BCUT2D eigenvalue weighted by Gasteiger charge is -2.39. The molecule has 0 aromatic heterocycles. The molecular weight excluding hydrogens is 1050 g/mol. The SMILES string of the molecule is CCCCCC1CCC(C2CCC(C(=O)Oc3ccc(-c4ccc(C(=O)Oc5cc6c7c(c8c(c6cc5OC)OC(c5ccccc5)(c5ccc(N6CCOCC6)cc5)C=C8)C(C)(C)c5c-7cc(C)cc5C(F)(F)F)cc4)cc3)CC2)CC1. The first-order valence-electron chi connectivity index (χ1n) is 30.1. The maximum atomic E-state index is 15.3. The fourth-order valence-corrected chi connectivity index (χ4v) is 14.6. The zero-order valence-electron chi connectivity index (χ0n) is 48.3. The van der Waals surface area contributed by atoms with Crippen molar-refractivity contribution in [3.8, 4) is 45.3 Å². The lowest BCUT2D eigenvalue weighted by Crippen LogP contribution is -2.37. The third-order valence-corrected chi connectivity index (χ3v) is 18.9. The van der Waals surface area contributed by atoms with E-state index in [2.05, 4.69) is 36.1 Å². The van der Waals surface area contributed by atoms with Crippen molar-refractivity contribution < 1.29 is 46.4 Å². The van der Waals surface area contributed by atoms with Gasteiger partial charge in [0.25, 0.3) is 0 Å². The highest BCUT2D eigenvalue weighted by molar-refractivity contribution is 6.10. The average molecular weight is 1120 g/mol. The quantitative estimate of drug-likeness (QED) is 0.0605. The molecule has 2 saturated carbocycles. The predicted octanol–water partition coefficient (Wildman–Crippen LogP) is 17.7. The lowest BCUT2D eigenvalue weighted by molar-refractivity contribution is -0.140. The number of rotatable bonds is 14. The number of carbonyl (C=O) groups excluding carboxylic acids is 2. The van der Waals surface area contributed by atoms with Gasteiger partial charge >= 0.3 is 18.1 Å². The number of morpholine rings is 1. The number of alkyl halides is 3. The van der Waals surface area contributed by atoms with Crippen LogP contribution in [0.2, 0.25) is 0 Å². The first kappa shape index (κ1) is 56.1. The molecule has 3 fully saturated rings. The van der Waals surface area contributed by atoms with E-state index in [1.807, 2.05) is 98.8 Å². The Morgan fingerprint density at radius 3 is 1.99 bits per heavy atom. The number of esters is 2. The van der Waals surface area contributed by atoms with Gasteiger partial charge in [-0.05, 0) is 168 Å². The first-order valence-corrected chi connectivity index (χ1v) is 30.1. The van der Waals surface area contributed by atoms with E-state index in [1.54, 1.807) is 31.2 Å². The standard InChI is InChI=1S/C72H74F3NO7/c1-6-7-9-12-46-15-17-47(18-16-46)48-19-23-51(24-20-48)68(77)81-56-33-27-50(28-34-56)49-21-25-52(26-22-49)69(78)82-63-43-58-59(44-62(63)79-5)67-57(66-64(58)60-41-45(2)42-61(72(73,74)75)65(60)70(66,3)4)35-36-71(83-67,53-13-10-8-11-14-53)54-29-31-55(32-30-54)76-37-39-80-40-38-76/h8,10-11,13-14,21-22,25-36,41-44,46-48,51H,6-7,9,12,15-20,23-24,37-40H2,1-5H3. The topological polar surface area (TPSA) is 83.5 Å². The van der Waals surface area contributed by atoms with Gasteiger partial charge in [-0.15, -0.1) is 0 Å². The molecule has 0 bridgehead atoms. The summed E-state index contributed by atoms with van der Waals surface area (Å²) in [7, 11) is 1.49. The molecule has 5 aliphatic rings. The molecular formula is C72H74F3NO7. The molecule has 12 rings (SSSR count). The molecule has 0 amide bonds. The van der Waals surface area contributed by atoms with Crippen molar-refractivity contribution in [3.05, 3.63) is 178 Å². The fourth-order valence-electron chi connectivity index (χ4n) is 14.6. The summed E-state index contributed by atoms with van der Waals surface area (Å²) >= 11 is 0. The number of carbonyl (C=O) groups is 2. The number of benzene rings is 7. The Balaban J connectivity index is 0.816. The van der Waals surface area contributed by atoms with Crippen LogP contribution in [0.25, 0.3) is 39.1 Å². The Bertz CT molecular complexity index is 3550. The summed E-state index contributed by atoms with van der Waals surface area (Å²) in [5, 5.41) is 1.13.